The van der Waals surface area contributed by atoms with Crippen LogP contribution in [0.25, 0.3) is 5.57 Å². The van der Waals surface area contributed by atoms with Crippen molar-refractivity contribution >= 4 is 11.4 Å². The molecule has 0 amide bonds. The second-order valence-electron chi connectivity index (χ2n) is 4.44. The Labute approximate surface area is 97.2 Å². The molecule has 1 aliphatic rings. The minimum absolute atomic E-state index is 0.280. The molecule has 0 aromatic heterocycles. The smallest absolute Gasteiger partial charge is 0.155 e. The van der Waals surface area contributed by atoms with E-state index in [0.717, 1.165) is 25.7 Å². The van der Waals surface area contributed by atoms with E-state index in [9.17, 15) is 4.79 Å². The third-order valence-corrected chi connectivity index (χ3v) is 3.04. The average Bonchev–Trinajstić information content (AvgIpc) is 2.30. The maximum Gasteiger partial charge on any atom is 0.155 e. The quantitative estimate of drug-likeness (QED) is 0.748. The largest absolute Gasteiger partial charge is 0.295 e. The molecule has 2 rings (SSSR count). The van der Waals surface area contributed by atoms with Gasteiger partial charge in [0.25, 0.3) is 0 Å². The molecule has 0 atom stereocenters. The molecule has 84 valence electrons. The molecule has 1 aliphatic carbocycles. The number of allylic oxidation sites excluding steroid dienone is 2. The maximum absolute atomic E-state index is 11.4. The van der Waals surface area contributed by atoms with Crippen molar-refractivity contribution in [3.05, 3.63) is 41.5 Å². The van der Waals surface area contributed by atoms with Gasteiger partial charge >= 0.3 is 0 Å². The summed E-state index contributed by atoms with van der Waals surface area (Å²) >= 11 is 0. The first-order chi connectivity index (χ1) is 7.79. The summed E-state index contributed by atoms with van der Waals surface area (Å²) in [6, 6.07) is 8.61. The first-order valence-electron chi connectivity index (χ1n) is 6.12. The van der Waals surface area contributed by atoms with Crippen LogP contribution >= 0.6 is 0 Å². The molecule has 0 aliphatic heterocycles. The van der Waals surface area contributed by atoms with Gasteiger partial charge in [0.2, 0.25) is 0 Å². The normalized spacial score (nSPS) is 16.1. The molecule has 0 spiro atoms. The number of benzene rings is 1. The zero-order chi connectivity index (χ0) is 11.4. The summed E-state index contributed by atoms with van der Waals surface area (Å²) < 4.78 is 0. The molecular weight excluding hydrogens is 196 g/mol. The lowest BCUT2D eigenvalue weighted by Crippen LogP contribution is -2.02. The second-order valence-corrected chi connectivity index (χ2v) is 4.44. The van der Waals surface area contributed by atoms with Gasteiger partial charge in [-0.1, -0.05) is 37.6 Å². The molecule has 0 saturated carbocycles. The Kier molecular flexibility index (Phi) is 3.55. The number of ketones is 1. The molecule has 1 aromatic carbocycles. The van der Waals surface area contributed by atoms with Crippen LogP contribution in [0.15, 0.2) is 30.3 Å². The summed E-state index contributed by atoms with van der Waals surface area (Å²) in [6.45, 7) is 2.19. The lowest BCUT2D eigenvalue weighted by Gasteiger charge is -2.13. The van der Waals surface area contributed by atoms with Crippen LogP contribution in [0.1, 0.15) is 43.7 Å². The fourth-order valence-corrected chi connectivity index (χ4v) is 2.23. The van der Waals surface area contributed by atoms with Gasteiger partial charge < -0.3 is 0 Å². The molecule has 1 aromatic rings. The van der Waals surface area contributed by atoms with Gasteiger partial charge in [-0.25, -0.2) is 0 Å². The van der Waals surface area contributed by atoms with E-state index >= 15 is 0 Å². The average molecular weight is 214 g/mol. The van der Waals surface area contributed by atoms with Crippen molar-refractivity contribution in [3.8, 4) is 0 Å². The lowest BCUT2D eigenvalue weighted by atomic mass is 9.92. The molecule has 0 heterocycles. The van der Waals surface area contributed by atoms with E-state index in [4.69, 9.17) is 0 Å². The van der Waals surface area contributed by atoms with Crippen LogP contribution in [0.3, 0.4) is 0 Å². The van der Waals surface area contributed by atoms with Crippen molar-refractivity contribution in [3.63, 3.8) is 0 Å². The molecule has 0 fully saturated rings. The van der Waals surface area contributed by atoms with E-state index in [0.29, 0.717) is 0 Å². The second kappa shape index (κ2) is 5.11. The molecule has 0 radical (unpaired) electrons. The van der Waals surface area contributed by atoms with Crippen LogP contribution in [0.5, 0.6) is 0 Å². The molecule has 0 saturated heterocycles. The van der Waals surface area contributed by atoms with Crippen LogP contribution in [-0.4, -0.2) is 5.78 Å². The highest BCUT2D eigenvalue weighted by Crippen LogP contribution is 2.25. The number of hydrogen-bond acceptors (Lipinski definition) is 1. The highest BCUT2D eigenvalue weighted by molar-refractivity contribution is 5.98. The minimum atomic E-state index is 0.280. The van der Waals surface area contributed by atoms with Gasteiger partial charge in [-0.15, -0.1) is 0 Å². The predicted octanol–water partition coefficient (Wildman–Crippen LogP) is 3.78. The molecule has 0 N–H and O–H groups in total. The Morgan fingerprint density at radius 1 is 1.25 bits per heavy atom. The van der Waals surface area contributed by atoms with Crippen molar-refractivity contribution in [2.75, 3.05) is 0 Å². The van der Waals surface area contributed by atoms with Crippen molar-refractivity contribution in [1.82, 2.24) is 0 Å². The van der Waals surface area contributed by atoms with E-state index in [1.807, 2.05) is 6.08 Å². The van der Waals surface area contributed by atoms with E-state index in [1.165, 1.54) is 23.1 Å². The first-order valence-corrected chi connectivity index (χ1v) is 6.12. The van der Waals surface area contributed by atoms with Gasteiger partial charge in [-0.05, 0) is 42.0 Å². The fourth-order valence-electron chi connectivity index (χ4n) is 2.23. The Morgan fingerprint density at radius 3 is 2.88 bits per heavy atom. The summed E-state index contributed by atoms with van der Waals surface area (Å²) in [7, 11) is 0. The van der Waals surface area contributed by atoms with Gasteiger partial charge in [0.15, 0.2) is 5.78 Å². The highest BCUT2D eigenvalue weighted by Gasteiger charge is 2.11. The molecule has 1 heteroatoms. The van der Waals surface area contributed by atoms with Crippen LogP contribution in [0.4, 0.5) is 0 Å². The van der Waals surface area contributed by atoms with Crippen molar-refractivity contribution < 1.29 is 4.79 Å². The molecule has 0 unspecified atom stereocenters. The minimum Gasteiger partial charge on any atom is -0.295 e. The van der Waals surface area contributed by atoms with Gasteiger partial charge in [0, 0.05) is 6.42 Å². The number of rotatable bonds is 3. The summed E-state index contributed by atoms with van der Waals surface area (Å²) in [4.78, 5) is 11.4. The summed E-state index contributed by atoms with van der Waals surface area (Å²) in [5, 5.41) is 0. The number of hydrogen-bond donors (Lipinski definition) is 0. The molecular formula is C15H18O. The fraction of sp³-hybridized carbons (Fsp3) is 0.400. The third kappa shape index (κ3) is 2.60. The Bertz CT molecular complexity index is 415. The Hall–Kier alpha value is -1.37. The van der Waals surface area contributed by atoms with E-state index in [2.05, 4.69) is 31.2 Å². The van der Waals surface area contributed by atoms with Crippen molar-refractivity contribution in [2.24, 2.45) is 0 Å². The molecule has 0 bridgehead atoms. The summed E-state index contributed by atoms with van der Waals surface area (Å²) in [5.74, 6) is 0.280. The number of carbonyl (C=O) groups is 1. The van der Waals surface area contributed by atoms with E-state index < -0.39 is 0 Å². The number of carbonyl (C=O) groups excluding carboxylic acids is 1. The van der Waals surface area contributed by atoms with Crippen LogP contribution in [0.2, 0.25) is 0 Å². The zero-order valence-electron chi connectivity index (χ0n) is 9.83. The first kappa shape index (κ1) is 11.1. The Morgan fingerprint density at radius 2 is 2.12 bits per heavy atom. The monoisotopic (exact) mass is 214 g/mol. The van der Waals surface area contributed by atoms with Gasteiger partial charge in [-0.3, -0.25) is 4.79 Å². The highest BCUT2D eigenvalue weighted by atomic mass is 16.1. The van der Waals surface area contributed by atoms with E-state index in [1.54, 1.807) is 0 Å². The van der Waals surface area contributed by atoms with Crippen LogP contribution < -0.4 is 0 Å². The SMILES string of the molecule is CCCc1cccc(C2=CC(=O)CCC2)c1. The topological polar surface area (TPSA) is 17.1 Å². The van der Waals surface area contributed by atoms with Gasteiger partial charge in [0.05, 0.1) is 0 Å². The predicted molar refractivity (Wildman–Crippen MR) is 67.3 cm³/mol. The standard InChI is InChI=1S/C15H18O/c1-2-5-12-6-3-7-13(10-12)14-8-4-9-15(16)11-14/h3,6-7,10-11H,2,4-5,8-9H2,1H3. The lowest BCUT2D eigenvalue weighted by molar-refractivity contribution is -0.114. The van der Waals surface area contributed by atoms with Gasteiger partial charge in [-0.2, -0.15) is 0 Å². The van der Waals surface area contributed by atoms with Crippen molar-refractivity contribution in [1.29, 1.82) is 0 Å². The Balaban J connectivity index is 2.26. The maximum atomic E-state index is 11.4. The van der Waals surface area contributed by atoms with Crippen LogP contribution in [0, 0.1) is 0 Å². The molecule has 16 heavy (non-hydrogen) atoms. The third-order valence-electron chi connectivity index (χ3n) is 3.04. The summed E-state index contributed by atoms with van der Waals surface area (Å²) in [5.41, 5.74) is 3.83. The zero-order valence-corrected chi connectivity index (χ0v) is 9.83. The van der Waals surface area contributed by atoms with Gasteiger partial charge in [0.1, 0.15) is 0 Å². The number of aryl methyl sites for hydroxylation is 1. The summed E-state index contributed by atoms with van der Waals surface area (Å²) in [6.07, 6.45) is 6.88. The van der Waals surface area contributed by atoms with Crippen molar-refractivity contribution in [2.45, 2.75) is 39.0 Å². The van der Waals surface area contributed by atoms with E-state index in [-0.39, 0.29) is 5.78 Å². The molecule has 1 nitrogen and oxygen atoms in total. The van der Waals surface area contributed by atoms with Crippen LogP contribution in [-0.2, 0) is 11.2 Å².